The van der Waals surface area contributed by atoms with Crippen LogP contribution in [0.5, 0.6) is 0 Å². The zero-order chi connectivity index (χ0) is 12.7. The van der Waals surface area contributed by atoms with Crippen molar-refractivity contribution in [3.8, 4) is 0 Å². The molecular formula is C12H15BF3KO. The van der Waals surface area contributed by atoms with Crippen LogP contribution in [-0.2, 0) is 11.2 Å². The van der Waals surface area contributed by atoms with Crippen LogP contribution in [0, 0.1) is 0 Å². The third kappa shape index (κ3) is 7.11. The van der Waals surface area contributed by atoms with E-state index < -0.39 is 13.0 Å². The quantitative estimate of drug-likeness (QED) is 0.525. The van der Waals surface area contributed by atoms with Crippen LogP contribution >= 0.6 is 0 Å². The Bertz CT molecular complexity index is 343. The predicted octanol–water partition coefficient (Wildman–Crippen LogP) is 0.581. The molecule has 1 unspecified atom stereocenters. The number of rotatable bonds is 7. The Kier molecular flexibility index (Phi) is 9.55. The zero-order valence-corrected chi connectivity index (χ0v) is 13.6. The van der Waals surface area contributed by atoms with Gasteiger partial charge in [0.2, 0.25) is 0 Å². The molecule has 0 spiro atoms. The normalized spacial score (nSPS) is 12.6. The number of benzene rings is 1. The molecule has 1 aromatic carbocycles. The third-order valence-electron chi connectivity index (χ3n) is 2.41. The largest absolute Gasteiger partial charge is 1.00 e. The topological polar surface area (TPSA) is 9.23 Å². The second-order valence-corrected chi connectivity index (χ2v) is 3.81. The van der Waals surface area contributed by atoms with E-state index in [2.05, 4.69) is 6.58 Å². The molecule has 1 nitrogen and oxygen atoms in total. The van der Waals surface area contributed by atoms with Gasteiger partial charge in [-0.25, -0.2) is 0 Å². The molecule has 0 saturated heterocycles. The molecule has 0 bridgehead atoms. The molecule has 18 heavy (non-hydrogen) atoms. The number of ether oxygens (including phenoxy) is 1. The molecular weight excluding hydrogens is 267 g/mol. The molecule has 0 heterocycles. The van der Waals surface area contributed by atoms with Crippen molar-refractivity contribution in [3.05, 3.63) is 48.6 Å². The number of hydrogen-bond acceptors (Lipinski definition) is 1. The van der Waals surface area contributed by atoms with Crippen LogP contribution in [0.4, 0.5) is 12.9 Å². The molecule has 0 aliphatic carbocycles. The monoisotopic (exact) mass is 282 g/mol. The molecule has 0 aromatic heterocycles. The van der Waals surface area contributed by atoms with Crippen molar-refractivity contribution in [3.63, 3.8) is 0 Å². The van der Waals surface area contributed by atoms with E-state index in [0.29, 0.717) is 6.42 Å². The Morgan fingerprint density at radius 2 is 1.83 bits per heavy atom. The first-order valence-electron chi connectivity index (χ1n) is 5.50. The summed E-state index contributed by atoms with van der Waals surface area (Å²) in [5.41, 5.74) is 0.889. The van der Waals surface area contributed by atoms with Crippen molar-refractivity contribution in [1.82, 2.24) is 0 Å². The predicted molar refractivity (Wildman–Crippen MR) is 63.8 cm³/mol. The summed E-state index contributed by atoms with van der Waals surface area (Å²) in [6.45, 7) is -1.68. The second kappa shape index (κ2) is 9.34. The standard InChI is InChI=1S/C12H15BF3O.K/c1-2-10-17-12(13(14,15)16)9-8-11-6-4-3-5-7-11;/h2-7,12H,1,8-10H2;/q-1;+1. The van der Waals surface area contributed by atoms with E-state index in [1.165, 1.54) is 6.08 Å². The molecule has 1 rings (SSSR count). The molecule has 0 N–H and O–H groups in total. The van der Waals surface area contributed by atoms with E-state index in [1.54, 1.807) is 0 Å². The van der Waals surface area contributed by atoms with Crippen LogP contribution in [0.3, 0.4) is 0 Å². The number of aryl methyl sites for hydroxylation is 1. The van der Waals surface area contributed by atoms with Gasteiger partial charge in [-0.05, 0) is 18.4 Å². The van der Waals surface area contributed by atoms with E-state index in [0.717, 1.165) is 5.56 Å². The van der Waals surface area contributed by atoms with Gasteiger partial charge in [0.15, 0.2) is 0 Å². The summed E-state index contributed by atoms with van der Waals surface area (Å²) in [5, 5.41) is 0. The van der Waals surface area contributed by atoms with Gasteiger partial charge in [0.1, 0.15) is 0 Å². The minimum Gasteiger partial charge on any atom is -0.447 e. The summed E-state index contributed by atoms with van der Waals surface area (Å²) in [4.78, 5) is 0. The maximum atomic E-state index is 12.6. The van der Waals surface area contributed by atoms with Crippen LogP contribution in [0.15, 0.2) is 43.0 Å². The molecule has 0 fully saturated rings. The molecule has 6 heteroatoms. The maximum absolute atomic E-state index is 12.6. The molecule has 1 atom stereocenters. The third-order valence-corrected chi connectivity index (χ3v) is 2.41. The van der Waals surface area contributed by atoms with Crippen LogP contribution < -0.4 is 51.4 Å². The van der Waals surface area contributed by atoms with Crippen molar-refractivity contribution < 1.29 is 69.1 Å². The molecule has 0 saturated carbocycles. The molecule has 0 aliphatic heterocycles. The van der Waals surface area contributed by atoms with Gasteiger partial charge in [-0.3, -0.25) is 0 Å². The molecule has 0 radical (unpaired) electrons. The fourth-order valence-electron chi connectivity index (χ4n) is 1.53. The van der Waals surface area contributed by atoms with Gasteiger partial charge < -0.3 is 17.7 Å². The van der Waals surface area contributed by atoms with Crippen LogP contribution in [0.25, 0.3) is 0 Å². The molecule has 0 aliphatic rings. The minimum absolute atomic E-state index is 0. The first kappa shape index (κ1) is 18.4. The van der Waals surface area contributed by atoms with Gasteiger partial charge in [0, 0.05) is 6.00 Å². The van der Waals surface area contributed by atoms with E-state index in [4.69, 9.17) is 4.74 Å². The van der Waals surface area contributed by atoms with Gasteiger partial charge in [-0.1, -0.05) is 36.4 Å². The Labute approximate surface area is 148 Å². The number of halogens is 3. The van der Waals surface area contributed by atoms with E-state index >= 15 is 0 Å². The first-order chi connectivity index (χ1) is 8.04. The first-order valence-corrected chi connectivity index (χ1v) is 5.50. The van der Waals surface area contributed by atoms with Crippen molar-refractivity contribution in [1.29, 1.82) is 0 Å². The van der Waals surface area contributed by atoms with Gasteiger partial charge in [-0.2, -0.15) is 0 Å². The smallest absolute Gasteiger partial charge is 0.447 e. The summed E-state index contributed by atoms with van der Waals surface area (Å²) >= 11 is 0. The van der Waals surface area contributed by atoms with Crippen molar-refractivity contribution in [2.24, 2.45) is 0 Å². The van der Waals surface area contributed by atoms with Crippen LogP contribution in [-0.4, -0.2) is 19.6 Å². The Balaban J connectivity index is 0.00000289. The molecule has 94 valence electrons. The average molecular weight is 282 g/mol. The van der Waals surface area contributed by atoms with E-state index in [1.807, 2.05) is 30.3 Å². The summed E-state index contributed by atoms with van der Waals surface area (Å²) in [6, 6.07) is 7.43. The van der Waals surface area contributed by atoms with E-state index in [-0.39, 0.29) is 64.4 Å². The van der Waals surface area contributed by atoms with Gasteiger partial charge >= 0.3 is 58.4 Å². The van der Waals surface area contributed by atoms with Crippen molar-refractivity contribution in [2.75, 3.05) is 6.61 Å². The maximum Gasteiger partial charge on any atom is 1.00 e. The van der Waals surface area contributed by atoms with Gasteiger partial charge in [0.25, 0.3) is 0 Å². The fraction of sp³-hybridized carbons (Fsp3) is 0.333. The van der Waals surface area contributed by atoms with Gasteiger partial charge in [0.05, 0.1) is 6.61 Å². The Morgan fingerprint density at radius 1 is 1.22 bits per heavy atom. The van der Waals surface area contributed by atoms with Crippen molar-refractivity contribution >= 4 is 6.98 Å². The average Bonchev–Trinajstić information content (AvgIpc) is 2.29. The van der Waals surface area contributed by atoms with Crippen LogP contribution in [0.1, 0.15) is 12.0 Å². The molecule has 1 aromatic rings. The van der Waals surface area contributed by atoms with E-state index in [9.17, 15) is 12.9 Å². The fourth-order valence-corrected chi connectivity index (χ4v) is 1.53. The second-order valence-electron chi connectivity index (χ2n) is 3.81. The summed E-state index contributed by atoms with van der Waals surface area (Å²) < 4.78 is 42.7. The van der Waals surface area contributed by atoms with Crippen LogP contribution in [0.2, 0.25) is 0 Å². The molecule has 0 amide bonds. The number of hydrogen-bond donors (Lipinski definition) is 0. The summed E-state index contributed by atoms with van der Waals surface area (Å²) in [6.07, 6.45) is 1.66. The van der Waals surface area contributed by atoms with Gasteiger partial charge in [-0.15, -0.1) is 6.58 Å². The Morgan fingerprint density at radius 3 is 2.33 bits per heavy atom. The minimum atomic E-state index is -4.96. The van der Waals surface area contributed by atoms with Crippen molar-refractivity contribution in [2.45, 2.75) is 18.8 Å². The Hall–Kier alpha value is 0.411. The SMILES string of the molecule is C=CCOC(CCc1ccccc1)[B-](F)(F)F.[K+]. The summed E-state index contributed by atoms with van der Waals surface area (Å²) in [7, 11) is 0. The zero-order valence-electron chi connectivity index (χ0n) is 10.5. The summed E-state index contributed by atoms with van der Waals surface area (Å²) in [5.74, 6) is 0.